The lowest BCUT2D eigenvalue weighted by atomic mass is 10.2. The molecule has 0 N–H and O–H groups in total. The molecule has 3 fully saturated rings. The van der Waals surface area contributed by atoms with Crippen LogP contribution >= 0.6 is 0 Å². The molecule has 92 valence electrons. The van der Waals surface area contributed by atoms with Gasteiger partial charge in [0.25, 0.3) is 0 Å². The maximum Gasteiger partial charge on any atom is 0.104 e. The topological polar surface area (TPSA) is 46.8 Å². The number of hydrogen-bond acceptors (Lipinski definition) is 4. The van der Waals surface area contributed by atoms with Crippen LogP contribution in [-0.4, -0.2) is 51.3 Å². The molecule has 16 heavy (non-hydrogen) atoms. The summed E-state index contributed by atoms with van der Waals surface area (Å²) in [6.07, 6.45) is 5.57. The maximum atomic E-state index is 5.23. The van der Waals surface area contributed by atoms with E-state index in [4.69, 9.17) is 18.9 Å². The highest BCUT2D eigenvalue weighted by Gasteiger charge is 2.26. The molecule has 0 spiro atoms. The Morgan fingerprint density at radius 3 is 1.88 bits per heavy atom. The quantitative estimate of drug-likeness (QED) is 0.484. The van der Waals surface area contributed by atoms with Crippen molar-refractivity contribution in [2.45, 2.75) is 31.2 Å². The smallest absolute Gasteiger partial charge is 0.104 e. The van der Waals surface area contributed by atoms with E-state index in [1.54, 1.807) is 0 Å². The maximum absolute atomic E-state index is 5.23. The Hall–Kier alpha value is -0.420. The van der Waals surface area contributed by atoms with Gasteiger partial charge >= 0.3 is 0 Å². The van der Waals surface area contributed by atoms with Crippen molar-refractivity contribution < 1.29 is 18.9 Å². The van der Waals surface area contributed by atoms with Crippen LogP contribution in [0.25, 0.3) is 0 Å². The number of hydrogen-bond donors (Lipinski definition) is 0. The zero-order valence-corrected chi connectivity index (χ0v) is 9.60. The molecule has 0 saturated carbocycles. The normalized spacial score (nSPS) is 33.6. The van der Waals surface area contributed by atoms with Crippen LogP contribution < -0.4 is 0 Å². The molecule has 0 bridgehead atoms. The van der Waals surface area contributed by atoms with E-state index in [-0.39, 0.29) is 0 Å². The molecule has 3 aliphatic heterocycles. The number of epoxide rings is 3. The van der Waals surface area contributed by atoms with Gasteiger partial charge in [0.05, 0.1) is 39.1 Å². The molecule has 0 aliphatic carbocycles. The van der Waals surface area contributed by atoms with Crippen LogP contribution in [0, 0.1) is 0 Å². The van der Waals surface area contributed by atoms with Crippen LogP contribution in [0.3, 0.4) is 0 Å². The van der Waals surface area contributed by atoms with E-state index in [1.807, 2.05) is 6.08 Å². The summed E-state index contributed by atoms with van der Waals surface area (Å²) >= 11 is 0. The van der Waals surface area contributed by atoms with Crippen molar-refractivity contribution in [3.05, 3.63) is 12.7 Å². The van der Waals surface area contributed by atoms with E-state index in [0.29, 0.717) is 18.3 Å². The molecular formula is C12H20O4. The van der Waals surface area contributed by atoms with Gasteiger partial charge in [-0.3, -0.25) is 0 Å². The minimum atomic E-state index is 0.392. The van der Waals surface area contributed by atoms with Crippen LogP contribution in [0.4, 0.5) is 0 Å². The van der Waals surface area contributed by atoms with Gasteiger partial charge in [-0.1, -0.05) is 6.08 Å². The van der Waals surface area contributed by atoms with Crippen molar-refractivity contribution in [1.29, 1.82) is 0 Å². The highest BCUT2D eigenvalue weighted by Crippen LogP contribution is 2.14. The molecule has 0 radical (unpaired) electrons. The van der Waals surface area contributed by atoms with Crippen molar-refractivity contribution in [3.8, 4) is 0 Å². The van der Waals surface area contributed by atoms with E-state index in [0.717, 1.165) is 39.5 Å². The average molecular weight is 228 g/mol. The molecule has 0 aromatic heterocycles. The largest absolute Gasteiger partial charge is 0.376 e. The third-order valence-corrected chi connectivity index (χ3v) is 2.51. The summed E-state index contributed by atoms with van der Waals surface area (Å²) in [6, 6.07) is 0. The first-order valence-corrected chi connectivity index (χ1v) is 5.92. The summed E-state index contributed by atoms with van der Waals surface area (Å²) in [5.41, 5.74) is 0. The zero-order valence-electron chi connectivity index (χ0n) is 9.60. The lowest BCUT2D eigenvalue weighted by Gasteiger charge is -1.95. The Morgan fingerprint density at radius 2 is 1.50 bits per heavy atom. The molecule has 0 aromatic rings. The molecule has 3 unspecified atom stereocenters. The van der Waals surface area contributed by atoms with Gasteiger partial charge in [0.15, 0.2) is 0 Å². The molecule has 3 atom stereocenters. The van der Waals surface area contributed by atoms with Gasteiger partial charge < -0.3 is 18.9 Å². The lowest BCUT2D eigenvalue weighted by Crippen LogP contribution is -2.06. The third-order valence-electron chi connectivity index (χ3n) is 2.51. The molecule has 3 rings (SSSR count). The molecule has 0 aromatic carbocycles. The Balaban J connectivity index is 0.000000125. The van der Waals surface area contributed by atoms with Gasteiger partial charge in [0, 0.05) is 0 Å². The monoisotopic (exact) mass is 228 g/mol. The first-order valence-electron chi connectivity index (χ1n) is 5.92. The molecule has 3 aliphatic rings. The summed E-state index contributed by atoms with van der Waals surface area (Å²) in [5.74, 6) is 0. The minimum Gasteiger partial charge on any atom is -0.376 e. The summed E-state index contributed by atoms with van der Waals surface area (Å²) in [7, 11) is 0. The van der Waals surface area contributed by atoms with Crippen molar-refractivity contribution in [3.63, 3.8) is 0 Å². The molecular weight excluding hydrogens is 208 g/mol. The Bertz CT molecular complexity index is 195. The van der Waals surface area contributed by atoms with E-state index in [9.17, 15) is 0 Å². The Labute approximate surface area is 96.5 Å². The fourth-order valence-corrected chi connectivity index (χ4v) is 1.20. The van der Waals surface area contributed by atoms with E-state index < -0.39 is 0 Å². The highest BCUT2D eigenvalue weighted by molar-refractivity contribution is 4.75. The number of ether oxygens (including phenoxy) is 4. The van der Waals surface area contributed by atoms with Gasteiger partial charge in [-0.25, -0.2) is 0 Å². The molecule has 3 saturated heterocycles. The Morgan fingerprint density at radius 1 is 1.00 bits per heavy atom. The highest BCUT2D eigenvalue weighted by atomic mass is 16.6. The van der Waals surface area contributed by atoms with Crippen molar-refractivity contribution >= 4 is 0 Å². The van der Waals surface area contributed by atoms with Crippen molar-refractivity contribution in [2.75, 3.05) is 33.0 Å². The zero-order chi connectivity index (χ0) is 11.2. The van der Waals surface area contributed by atoms with Gasteiger partial charge in [0.2, 0.25) is 0 Å². The predicted molar refractivity (Wildman–Crippen MR) is 59.5 cm³/mol. The second-order valence-corrected chi connectivity index (χ2v) is 4.27. The van der Waals surface area contributed by atoms with Crippen LogP contribution in [0.5, 0.6) is 0 Å². The van der Waals surface area contributed by atoms with Gasteiger partial charge in [-0.15, -0.1) is 6.58 Å². The fourth-order valence-electron chi connectivity index (χ4n) is 1.20. The predicted octanol–water partition coefficient (Wildman–Crippen LogP) is 1.15. The SMILES string of the molecule is C(OCC1CO1)C1CO1.C=CCCC1CO1. The number of rotatable bonds is 7. The average Bonchev–Trinajstić information content (AvgIpc) is 3.16. The first kappa shape index (κ1) is 12.0. The van der Waals surface area contributed by atoms with Crippen molar-refractivity contribution in [1.82, 2.24) is 0 Å². The summed E-state index contributed by atoms with van der Waals surface area (Å²) < 4.78 is 20.1. The summed E-state index contributed by atoms with van der Waals surface area (Å²) in [5, 5.41) is 0. The molecule has 4 heteroatoms. The van der Waals surface area contributed by atoms with Gasteiger partial charge in [-0.2, -0.15) is 0 Å². The van der Waals surface area contributed by atoms with Crippen LogP contribution in [0.1, 0.15) is 12.8 Å². The first-order chi connectivity index (χ1) is 7.88. The van der Waals surface area contributed by atoms with Gasteiger partial charge in [0.1, 0.15) is 12.2 Å². The molecule has 0 amide bonds. The second kappa shape index (κ2) is 6.35. The van der Waals surface area contributed by atoms with E-state index in [1.165, 1.54) is 6.42 Å². The fraction of sp³-hybridized carbons (Fsp3) is 0.833. The van der Waals surface area contributed by atoms with Gasteiger partial charge in [-0.05, 0) is 12.8 Å². The molecule has 3 heterocycles. The summed E-state index contributed by atoms with van der Waals surface area (Å²) in [4.78, 5) is 0. The van der Waals surface area contributed by atoms with Crippen LogP contribution in [-0.2, 0) is 18.9 Å². The van der Waals surface area contributed by atoms with Crippen molar-refractivity contribution in [2.24, 2.45) is 0 Å². The minimum absolute atomic E-state index is 0.392. The van der Waals surface area contributed by atoms with Crippen LogP contribution in [0.2, 0.25) is 0 Å². The van der Waals surface area contributed by atoms with Crippen LogP contribution in [0.15, 0.2) is 12.7 Å². The third kappa shape index (κ3) is 6.23. The van der Waals surface area contributed by atoms with E-state index >= 15 is 0 Å². The standard InChI is InChI=1S/C6H10O3.C6H10O/c1(5-3-8-5)7-2-6-4-9-6;1-2-3-4-6-5-7-6/h5-6H,1-4H2;2,6H,1,3-5H2. The second-order valence-electron chi connectivity index (χ2n) is 4.27. The number of allylic oxidation sites excluding steroid dienone is 1. The Kier molecular flexibility index (Phi) is 4.78. The van der Waals surface area contributed by atoms with E-state index in [2.05, 4.69) is 6.58 Å². The molecule has 4 nitrogen and oxygen atoms in total. The lowest BCUT2D eigenvalue weighted by molar-refractivity contribution is 0.102. The summed E-state index contributed by atoms with van der Waals surface area (Å²) in [6.45, 7) is 7.85.